The molecule has 0 unspecified atom stereocenters. The number of hydrogen-bond donors (Lipinski definition) is 1. The smallest absolute Gasteiger partial charge is 0.165 e. The lowest BCUT2D eigenvalue weighted by Gasteiger charge is -2.38. The van der Waals surface area contributed by atoms with E-state index in [2.05, 4.69) is 10.2 Å². The average Bonchev–Trinajstić information content (AvgIpc) is 3.03. The van der Waals surface area contributed by atoms with E-state index in [4.69, 9.17) is 4.74 Å². The van der Waals surface area contributed by atoms with Crippen molar-refractivity contribution in [3.63, 3.8) is 0 Å². The molecule has 2 aliphatic rings. The van der Waals surface area contributed by atoms with Gasteiger partial charge in [0.25, 0.3) is 0 Å². The van der Waals surface area contributed by atoms with Crippen LogP contribution in [-0.2, 0) is 0 Å². The maximum Gasteiger partial charge on any atom is 0.165 e. The third kappa shape index (κ3) is 4.72. The Labute approximate surface area is 150 Å². The van der Waals surface area contributed by atoms with Gasteiger partial charge >= 0.3 is 0 Å². The lowest BCUT2D eigenvalue weighted by Crippen LogP contribution is -2.46. The number of piperazine rings is 1. The largest absolute Gasteiger partial charge is 0.494 e. The number of nitrogens with one attached hydrogen (secondary N) is 1. The van der Waals surface area contributed by atoms with E-state index >= 15 is 0 Å². The first-order valence-corrected chi connectivity index (χ1v) is 8.08. The molecule has 23 heavy (non-hydrogen) atoms. The Kier molecular flexibility index (Phi) is 8.62. The minimum absolute atomic E-state index is 0. The fraction of sp³-hybridized carbons (Fsp3) is 0.647. The van der Waals surface area contributed by atoms with Crippen LogP contribution in [0.5, 0.6) is 5.75 Å². The number of rotatable bonds is 4. The van der Waals surface area contributed by atoms with Crippen LogP contribution in [0.25, 0.3) is 0 Å². The van der Waals surface area contributed by atoms with Crippen molar-refractivity contribution in [3.8, 4) is 5.75 Å². The normalized spacial score (nSPS) is 20.4. The van der Waals surface area contributed by atoms with Gasteiger partial charge in [-0.05, 0) is 36.5 Å². The first-order valence-electron chi connectivity index (χ1n) is 8.08. The standard InChI is InChI=1S/C17H25FN2O.2ClH/c1-21-16-7-6-14(12-15(16)18)17(13-4-2-3-5-13)20-10-8-19-9-11-20;;/h6-7,12-13,17,19H,2-5,8-11H2,1H3;2*1H/t17-;;/m0../s1. The summed E-state index contributed by atoms with van der Waals surface area (Å²) in [6.07, 6.45) is 5.16. The summed E-state index contributed by atoms with van der Waals surface area (Å²) >= 11 is 0. The quantitative estimate of drug-likeness (QED) is 0.878. The van der Waals surface area contributed by atoms with Gasteiger partial charge in [-0.25, -0.2) is 4.39 Å². The lowest BCUT2D eigenvalue weighted by molar-refractivity contribution is 0.125. The summed E-state index contributed by atoms with van der Waals surface area (Å²) in [7, 11) is 1.52. The fourth-order valence-electron chi connectivity index (χ4n) is 3.88. The van der Waals surface area contributed by atoms with E-state index in [1.54, 1.807) is 12.1 Å². The number of benzene rings is 1. The molecule has 0 spiro atoms. The third-order valence-corrected chi connectivity index (χ3v) is 4.91. The van der Waals surface area contributed by atoms with Crippen LogP contribution in [0.1, 0.15) is 37.3 Å². The zero-order valence-corrected chi connectivity index (χ0v) is 15.2. The van der Waals surface area contributed by atoms with Crippen LogP contribution in [0.3, 0.4) is 0 Å². The molecule has 1 aromatic carbocycles. The molecule has 0 aromatic heterocycles. The van der Waals surface area contributed by atoms with Crippen LogP contribution in [0.4, 0.5) is 4.39 Å². The Hall–Kier alpha value is -0.550. The second kappa shape index (κ2) is 9.67. The molecule has 1 aliphatic heterocycles. The highest BCUT2D eigenvalue weighted by molar-refractivity contribution is 5.85. The van der Waals surface area contributed by atoms with Crippen molar-refractivity contribution >= 4 is 24.8 Å². The van der Waals surface area contributed by atoms with Crippen LogP contribution in [0, 0.1) is 11.7 Å². The van der Waals surface area contributed by atoms with Crippen LogP contribution in [0.15, 0.2) is 18.2 Å². The number of hydrogen-bond acceptors (Lipinski definition) is 3. The highest BCUT2D eigenvalue weighted by atomic mass is 35.5. The Bertz CT molecular complexity index is 478. The van der Waals surface area contributed by atoms with Crippen molar-refractivity contribution in [3.05, 3.63) is 29.6 Å². The van der Waals surface area contributed by atoms with E-state index in [1.165, 1.54) is 32.8 Å². The van der Waals surface area contributed by atoms with Crippen molar-refractivity contribution in [1.82, 2.24) is 10.2 Å². The van der Waals surface area contributed by atoms with Gasteiger partial charge in [0.2, 0.25) is 0 Å². The van der Waals surface area contributed by atoms with E-state index < -0.39 is 0 Å². The van der Waals surface area contributed by atoms with E-state index in [1.807, 2.05) is 6.07 Å². The molecule has 1 aromatic rings. The predicted octanol–water partition coefficient (Wildman–Crippen LogP) is 3.81. The highest BCUT2D eigenvalue weighted by Crippen LogP contribution is 2.40. The molecule has 3 rings (SSSR count). The van der Waals surface area contributed by atoms with Gasteiger partial charge < -0.3 is 10.1 Å². The highest BCUT2D eigenvalue weighted by Gasteiger charge is 2.32. The summed E-state index contributed by atoms with van der Waals surface area (Å²) in [5, 5.41) is 3.41. The molecule has 1 aliphatic carbocycles. The van der Waals surface area contributed by atoms with Crippen LogP contribution in [0.2, 0.25) is 0 Å². The zero-order chi connectivity index (χ0) is 14.7. The Morgan fingerprint density at radius 1 is 1.17 bits per heavy atom. The maximum atomic E-state index is 14.1. The van der Waals surface area contributed by atoms with Crippen molar-refractivity contribution in [2.45, 2.75) is 31.7 Å². The van der Waals surface area contributed by atoms with Crippen LogP contribution >= 0.6 is 24.8 Å². The average molecular weight is 365 g/mol. The minimum atomic E-state index is -0.242. The molecule has 2 fully saturated rings. The number of nitrogens with zero attached hydrogens (tertiary/aromatic N) is 1. The van der Waals surface area contributed by atoms with Crippen molar-refractivity contribution in [1.29, 1.82) is 0 Å². The summed E-state index contributed by atoms with van der Waals surface area (Å²) in [5.41, 5.74) is 1.11. The summed E-state index contributed by atoms with van der Waals surface area (Å²) in [6, 6.07) is 5.86. The van der Waals surface area contributed by atoms with Gasteiger partial charge in [-0.3, -0.25) is 4.90 Å². The monoisotopic (exact) mass is 364 g/mol. The Morgan fingerprint density at radius 2 is 1.83 bits per heavy atom. The van der Waals surface area contributed by atoms with Crippen LogP contribution < -0.4 is 10.1 Å². The van der Waals surface area contributed by atoms with E-state index in [9.17, 15) is 4.39 Å². The first kappa shape index (κ1) is 20.5. The SMILES string of the molecule is COc1ccc([C@H](C2CCCC2)N2CCNCC2)cc1F.Cl.Cl. The molecule has 1 saturated carbocycles. The second-order valence-electron chi connectivity index (χ2n) is 6.17. The molecule has 1 heterocycles. The molecule has 6 heteroatoms. The Morgan fingerprint density at radius 3 is 2.39 bits per heavy atom. The Balaban J connectivity index is 0.00000132. The summed E-state index contributed by atoms with van der Waals surface area (Å²) in [5.74, 6) is 0.758. The van der Waals surface area contributed by atoms with Crippen LogP contribution in [-0.4, -0.2) is 38.2 Å². The van der Waals surface area contributed by atoms with Gasteiger partial charge in [-0.15, -0.1) is 24.8 Å². The lowest BCUT2D eigenvalue weighted by atomic mass is 9.89. The summed E-state index contributed by atoms with van der Waals surface area (Å²) < 4.78 is 19.2. The van der Waals surface area contributed by atoms with Crippen molar-refractivity contribution in [2.75, 3.05) is 33.3 Å². The number of ether oxygens (including phenoxy) is 1. The summed E-state index contributed by atoms with van der Waals surface area (Å²) in [6.45, 7) is 4.16. The second-order valence-corrected chi connectivity index (χ2v) is 6.17. The molecule has 3 nitrogen and oxygen atoms in total. The van der Waals surface area contributed by atoms with Gasteiger partial charge in [0.05, 0.1) is 7.11 Å². The van der Waals surface area contributed by atoms with Gasteiger partial charge in [0.1, 0.15) is 0 Å². The van der Waals surface area contributed by atoms with Gasteiger partial charge in [-0.2, -0.15) is 0 Å². The molecular formula is C17H27Cl2FN2O. The fourth-order valence-corrected chi connectivity index (χ4v) is 3.88. The third-order valence-electron chi connectivity index (χ3n) is 4.91. The minimum Gasteiger partial charge on any atom is -0.494 e. The van der Waals surface area contributed by atoms with E-state index in [0.717, 1.165) is 31.7 Å². The number of halogens is 3. The first-order chi connectivity index (χ1) is 10.3. The molecule has 132 valence electrons. The van der Waals surface area contributed by atoms with Gasteiger partial charge in [0, 0.05) is 32.2 Å². The van der Waals surface area contributed by atoms with Gasteiger partial charge in [-0.1, -0.05) is 18.9 Å². The number of methoxy groups -OCH3 is 1. The van der Waals surface area contributed by atoms with Gasteiger partial charge in [0.15, 0.2) is 11.6 Å². The molecule has 0 amide bonds. The van der Waals surface area contributed by atoms with E-state index in [0.29, 0.717) is 17.7 Å². The molecule has 0 bridgehead atoms. The predicted molar refractivity (Wildman–Crippen MR) is 96.6 cm³/mol. The zero-order valence-electron chi connectivity index (χ0n) is 13.6. The maximum absolute atomic E-state index is 14.1. The molecule has 1 saturated heterocycles. The molecule has 1 N–H and O–H groups in total. The molecule has 0 radical (unpaired) electrons. The summed E-state index contributed by atoms with van der Waals surface area (Å²) in [4.78, 5) is 2.54. The molecule has 1 atom stereocenters. The van der Waals surface area contributed by atoms with E-state index in [-0.39, 0.29) is 30.6 Å². The van der Waals surface area contributed by atoms with Crippen molar-refractivity contribution < 1.29 is 9.13 Å². The van der Waals surface area contributed by atoms with Crippen molar-refractivity contribution in [2.24, 2.45) is 5.92 Å². The topological polar surface area (TPSA) is 24.5 Å². The molecular weight excluding hydrogens is 338 g/mol.